The Kier molecular flexibility index (Phi) is 9.48. The van der Waals surface area contributed by atoms with Crippen LogP contribution in [0.15, 0.2) is 12.2 Å². The molecule has 0 aromatic heterocycles. The molecule has 0 saturated carbocycles. The number of hydrogen-bond donors (Lipinski definition) is 0. The van der Waals surface area contributed by atoms with E-state index in [1.54, 1.807) is 6.08 Å². The van der Waals surface area contributed by atoms with Crippen LogP contribution in [0.4, 0.5) is 0 Å². The fourth-order valence-corrected chi connectivity index (χ4v) is 2.58. The molecule has 0 saturated heterocycles. The molecule has 0 aromatic rings. The molecule has 0 aromatic carbocycles. The van der Waals surface area contributed by atoms with Gasteiger partial charge in [0.1, 0.15) is 6.10 Å². The van der Waals surface area contributed by atoms with Crippen molar-refractivity contribution in [3.05, 3.63) is 12.2 Å². The molecule has 0 spiro atoms. The molecule has 0 amide bonds. The molecule has 1 heterocycles. The Bertz CT molecular complexity index is 258. The van der Waals surface area contributed by atoms with Crippen LogP contribution >= 0.6 is 0 Å². The third kappa shape index (κ3) is 8.85. The summed E-state index contributed by atoms with van der Waals surface area (Å²) in [5, 5.41) is 0. The van der Waals surface area contributed by atoms with Crippen LogP contribution in [0.1, 0.15) is 84.0 Å². The van der Waals surface area contributed by atoms with E-state index in [-0.39, 0.29) is 12.1 Å². The van der Waals surface area contributed by atoms with Crippen LogP contribution in [0.2, 0.25) is 0 Å². The molecule has 2 nitrogen and oxygen atoms in total. The predicted molar refractivity (Wildman–Crippen MR) is 80.1 cm³/mol. The van der Waals surface area contributed by atoms with E-state index in [4.69, 9.17) is 4.74 Å². The van der Waals surface area contributed by atoms with Crippen LogP contribution in [-0.2, 0) is 9.53 Å². The summed E-state index contributed by atoms with van der Waals surface area (Å²) in [6.07, 6.45) is 19.5. The molecule has 1 aliphatic rings. The van der Waals surface area contributed by atoms with Gasteiger partial charge in [0.15, 0.2) is 0 Å². The summed E-state index contributed by atoms with van der Waals surface area (Å²) in [4.78, 5) is 10.8. The Morgan fingerprint density at radius 2 is 1.42 bits per heavy atom. The molecule has 110 valence electrons. The first-order valence-corrected chi connectivity index (χ1v) is 8.21. The van der Waals surface area contributed by atoms with Crippen LogP contribution in [-0.4, -0.2) is 12.1 Å². The number of esters is 1. The minimum absolute atomic E-state index is 0.0612. The van der Waals surface area contributed by atoms with E-state index < -0.39 is 0 Å². The standard InChI is InChI=1S/C17H30O2/c1-2-3-4-5-6-7-8-9-10-11-12-13-16-14-15-17(18)19-16/h14-16H,2-13H2,1H3. The summed E-state index contributed by atoms with van der Waals surface area (Å²) in [5.74, 6) is -0.173. The van der Waals surface area contributed by atoms with E-state index in [1.807, 2.05) is 6.08 Å². The van der Waals surface area contributed by atoms with Gasteiger partial charge in [-0.2, -0.15) is 0 Å². The lowest BCUT2D eigenvalue weighted by Gasteiger charge is -2.07. The molecule has 2 heteroatoms. The van der Waals surface area contributed by atoms with E-state index >= 15 is 0 Å². The van der Waals surface area contributed by atoms with Crippen molar-refractivity contribution < 1.29 is 9.53 Å². The summed E-state index contributed by atoms with van der Waals surface area (Å²) in [6.45, 7) is 2.27. The highest BCUT2D eigenvalue weighted by Gasteiger charge is 2.15. The topological polar surface area (TPSA) is 26.3 Å². The Labute approximate surface area is 118 Å². The first-order valence-electron chi connectivity index (χ1n) is 8.21. The maximum atomic E-state index is 10.8. The van der Waals surface area contributed by atoms with Gasteiger partial charge in [-0.25, -0.2) is 4.79 Å². The maximum Gasteiger partial charge on any atom is 0.331 e. The number of rotatable bonds is 12. The first kappa shape index (κ1) is 16.3. The van der Waals surface area contributed by atoms with Crippen molar-refractivity contribution in [1.82, 2.24) is 0 Å². The van der Waals surface area contributed by atoms with Crippen LogP contribution in [0.3, 0.4) is 0 Å². The van der Waals surface area contributed by atoms with E-state index in [2.05, 4.69) is 6.92 Å². The quantitative estimate of drug-likeness (QED) is 0.360. The predicted octanol–water partition coefficient (Wildman–Crippen LogP) is 5.17. The van der Waals surface area contributed by atoms with Crippen molar-refractivity contribution in [2.75, 3.05) is 0 Å². The van der Waals surface area contributed by atoms with Gasteiger partial charge in [-0.3, -0.25) is 0 Å². The van der Waals surface area contributed by atoms with Gasteiger partial charge >= 0.3 is 5.97 Å². The average Bonchev–Trinajstić information content (AvgIpc) is 2.82. The molecule has 1 aliphatic heterocycles. The number of cyclic esters (lactones) is 1. The first-order chi connectivity index (χ1) is 9.33. The van der Waals surface area contributed by atoms with Crippen LogP contribution in [0, 0.1) is 0 Å². The highest BCUT2D eigenvalue weighted by molar-refractivity contribution is 5.84. The van der Waals surface area contributed by atoms with Gasteiger partial charge in [0.25, 0.3) is 0 Å². The summed E-state index contributed by atoms with van der Waals surface area (Å²) in [5.41, 5.74) is 0. The van der Waals surface area contributed by atoms with Gasteiger partial charge in [0.2, 0.25) is 0 Å². The van der Waals surface area contributed by atoms with Gasteiger partial charge < -0.3 is 4.74 Å². The molecule has 1 rings (SSSR count). The summed E-state index contributed by atoms with van der Waals surface area (Å²) in [6, 6.07) is 0. The minimum Gasteiger partial charge on any atom is -0.455 e. The molecule has 1 unspecified atom stereocenters. The molecule has 0 N–H and O–H groups in total. The van der Waals surface area contributed by atoms with Gasteiger partial charge in [-0.1, -0.05) is 71.1 Å². The van der Waals surface area contributed by atoms with E-state index in [9.17, 15) is 4.79 Å². The molecule has 19 heavy (non-hydrogen) atoms. The van der Waals surface area contributed by atoms with E-state index in [1.165, 1.54) is 70.6 Å². The average molecular weight is 266 g/mol. The molecule has 1 atom stereocenters. The molecule has 0 fully saturated rings. The third-order valence-corrected chi connectivity index (χ3v) is 3.81. The highest BCUT2D eigenvalue weighted by atomic mass is 16.5. The minimum atomic E-state index is -0.173. The van der Waals surface area contributed by atoms with Crippen molar-refractivity contribution in [2.24, 2.45) is 0 Å². The van der Waals surface area contributed by atoms with E-state index in [0.29, 0.717) is 0 Å². The zero-order chi connectivity index (χ0) is 13.8. The van der Waals surface area contributed by atoms with Gasteiger partial charge in [0, 0.05) is 6.08 Å². The third-order valence-electron chi connectivity index (χ3n) is 3.81. The molecule has 0 aliphatic carbocycles. The monoisotopic (exact) mass is 266 g/mol. The second-order valence-corrected chi connectivity index (χ2v) is 5.66. The number of hydrogen-bond acceptors (Lipinski definition) is 2. The lowest BCUT2D eigenvalue weighted by atomic mass is 10.0. The summed E-state index contributed by atoms with van der Waals surface area (Å²) in [7, 11) is 0. The number of carbonyl (C=O) groups is 1. The van der Waals surface area contributed by atoms with E-state index in [0.717, 1.165) is 6.42 Å². The van der Waals surface area contributed by atoms with Crippen LogP contribution < -0.4 is 0 Å². The lowest BCUT2D eigenvalue weighted by molar-refractivity contribution is -0.138. The second-order valence-electron chi connectivity index (χ2n) is 5.66. The smallest absolute Gasteiger partial charge is 0.331 e. The Balaban J connectivity index is 1.74. The van der Waals surface area contributed by atoms with Crippen LogP contribution in [0.25, 0.3) is 0 Å². The Morgan fingerprint density at radius 3 is 1.89 bits per heavy atom. The lowest BCUT2D eigenvalue weighted by Crippen LogP contribution is -2.06. The number of carbonyl (C=O) groups excluding carboxylic acids is 1. The fourth-order valence-electron chi connectivity index (χ4n) is 2.58. The van der Waals surface area contributed by atoms with Gasteiger partial charge in [-0.05, 0) is 18.9 Å². The molecular formula is C17H30O2. The summed E-state index contributed by atoms with van der Waals surface area (Å²) >= 11 is 0. The SMILES string of the molecule is CCCCCCCCCCCCCC1C=CC(=O)O1. The number of ether oxygens (including phenoxy) is 1. The normalized spacial score (nSPS) is 17.9. The van der Waals surface area contributed by atoms with Gasteiger partial charge in [-0.15, -0.1) is 0 Å². The molecule has 0 radical (unpaired) electrons. The van der Waals surface area contributed by atoms with Crippen molar-refractivity contribution in [1.29, 1.82) is 0 Å². The highest BCUT2D eigenvalue weighted by Crippen LogP contribution is 2.15. The fraction of sp³-hybridized carbons (Fsp3) is 0.824. The number of unbranched alkanes of at least 4 members (excludes halogenated alkanes) is 10. The van der Waals surface area contributed by atoms with Crippen molar-refractivity contribution in [3.8, 4) is 0 Å². The largest absolute Gasteiger partial charge is 0.455 e. The Morgan fingerprint density at radius 1 is 0.895 bits per heavy atom. The zero-order valence-electron chi connectivity index (χ0n) is 12.5. The molecule has 0 bridgehead atoms. The second kappa shape index (κ2) is 11.1. The Hall–Kier alpha value is -0.790. The van der Waals surface area contributed by atoms with Crippen LogP contribution in [0.5, 0.6) is 0 Å². The van der Waals surface area contributed by atoms with Crippen molar-refractivity contribution in [3.63, 3.8) is 0 Å². The van der Waals surface area contributed by atoms with Gasteiger partial charge in [0.05, 0.1) is 0 Å². The zero-order valence-corrected chi connectivity index (χ0v) is 12.5. The van der Waals surface area contributed by atoms with Crippen molar-refractivity contribution >= 4 is 5.97 Å². The molecular weight excluding hydrogens is 236 g/mol. The van der Waals surface area contributed by atoms with Crippen molar-refractivity contribution in [2.45, 2.75) is 90.1 Å². The summed E-state index contributed by atoms with van der Waals surface area (Å²) < 4.78 is 5.10. The maximum absolute atomic E-state index is 10.8.